The van der Waals surface area contributed by atoms with E-state index in [2.05, 4.69) is 9.97 Å². The van der Waals surface area contributed by atoms with Gasteiger partial charge in [0.1, 0.15) is 24.0 Å². The predicted octanol–water partition coefficient (Wildman–Crippen LogP) is 3.10. The summed E-state index contributed by atoms with van der Waals surface area (Å²) in [4.78, 5) is 9.61. The number of anilines is 2. The van der Waals surface area contributed by atoms with Crippen molar-refractivity contribution < 1.29 is 13.2 Å². The normalized spacial score (nSPS) is 11.7. The van der Waals surface area contributed by atoms with Crippen molar-refractivity contribution in [2.24, 2.45) is 0 Å². The Kier molecular flexibility index (Phi) is 5.59. The second kappa shape index (κ2) is 6.76. The highest BCUT2D eigenvalue weighted by Crippen LogP contribution is 2.26. The number of aromatic nitrogens is 2. The smallest absolute Gasteiger partial charge is 0.383 e. The molecule has 0 aliphatic rings. The van der Waals surface area contributed by atoms with Crippen molar-refractivity contribution in [1.29, 1.82) is 0 Å². The van der Waals surface area contributed by atoms with Crippen molar-refractivity contribution in [1.82, 2.24) is 9.97 Å². The molecular formula is C13H21F3N4. The molecular weight excluding hydrogens is 269 g/mol. The molecule has 4 nitrogen and oxygen atoms in total. The van der Waals surface area contributed by atoms with Crippen LogP contribution in [0.15, 0.2) is 0 Å². The number of nitrogens with zero attached hydrogens (tertiary/aromatic N) is 3. The monoisotopic (exact) mass is 290 g/mol. The number of hydrogen-bond donors (Lipinski definition) is 1. The van der Waals surface area contributed by atoms with Gasteiger partial charge < -0.3 is 10.6 Å². The third-order valence-corrected chi connectivity index (χ3v) is 2.84. The maximum Gasteiger partial charge on any atom is 0.405 e. The van der Waals surface area contributed by atoms with Gasteiger partial charge in [0, 0.05) is 18.5 Å². The minimum Gasteiger partial charge on any atom is -0.383 e. The first-order valence-corrected chi connectivity index (χ1v) is 6.73. The summed E-state index contributed by atoms with van der Waals surface area (Å²) in [5.74, 6) is 1.04. The van der Waals surface area contributed by atoms with Crippen molar-refractivity contribution in [3.63, 3.8) is 0 Å². The number of rotatable bonds is 6. The van der Waals surface area contributed by atoms with E-state index >= 15 is 0 Å². The maximum absolute atomic E-state index is 12.7. The quantitative estimate of drug-likeness (QED) is 0.874. The van der Waals surface area contributed by atoms with E-state index in [4.69, 9.17) is 5.73 Å². The molecule has 0 atom stereocenters. The summed E-state index contributed by atoms with van der Waals surface area (Å²) in [6.07, 6.45) is -2.26. The van der Waals surface area contributed by atoms with Gasteiger partial charge in [-0.15, -0.1) is 0 Å². The van der Waals surface area contributed by atoms with Crippen molar-refractivity contribution >= 4 is 11.6 Å². The van der Waals surface area contributed by atoms with E-state index < -0.39 is 12.7 Å². The molecule has 0 saturated carbocycles. The van der Waals surface area contributed by atoms with E-state index in [1.807, 2.05) is 13.8 Å². The number of nitrogen functional groups attached to an aromatic ring is 1. The van der Waals surface area contributed by atoms with Gasteiger partial charge in [0.25, 0.3) is 0 Å². The lowest BCUT2D eigenvalue weighted by atomic mass is 10.2. The molecule has 1 heterocycles. The molecule has 0 unspecified atom stereocenters. The molecule has 1 rings (SSSR count). The van der Waals surface area contributed by atoms with Gasteiger partial charge in [-0.1, -0.05) is 13.8 Å². The molecule has 2 N–H and O–H groups in total. The van der Waals surface area contributed by atoms with Crippen molar-refractivity contribution in [3.05, 3.63) is 11.4 Å². The third kappa shape index (κ3) is 4.54. The number of hydrogen-bond acceptors (Lipinski definition) is 4. The van der Waals surface area contributed by atoms with Crippen molar-refractivity contribution in [3.8, 4) is 0 Å². The summed E-state index contributed by atoms with van der Waals surface area (Å²) < 4.78 is 38.0. The van der Waals surface area contributed by atoms with Gasteiger partial charge in [-0.2, -0.15) is 13.2 Å². The van der Waals surface area contributed by atoms with Gasteiger partial charge in [0.15, 0.2) is 0 Å². The summed E-state index contributed by atoms with van der Waals surface area (Å²) in [5, 5.41) is 0. The fourth-order valence-corrected chi connectivity index (χ4v) is 1.96. The topological polar surface area (TPSA) is 55.0 Å². The molecule has 7 heteroatoms. The zero-order chi connectivity index (χ0) is 15.3. The standard InChI is InChI=1S/C13H21F3N4/c1-4-6-10-18-11(17)9(3)12(19-10)20(7-5-2)8-13(14,15)16/h4-8H2,1-3H3,(H2,17,18,19). The average molecular weight is 290 g/mol. The number of alkyl halides is 3. The van der Waals surface area contributed by atoms with Crippen LogP contribution in [0.3, 0.4) is 0 Å². The van der Waals surface area contributed by atoms with E-state index in [1.165, 1.54) is 4.90 Å². The Morgan fingerprint density at radius 2 is 1.80 bits per heavy atom. The molecule has 0 saturated heterocycles. The Balaban J connectivity index is 3.17. The fourth-order valence-electron chi connectivity index (χ4n) is 1.96. The van der Waals surface area contributed by atoms with Crippen LogP contribution in [-0.4, -0.2) is 29.2 Å². The highest BCUT2D eigenvalue weighted by atomic mass is 19.4. The molecule has 0 amide bonds. The number of aryl methyl sites for hydroxylation is 1. The van der Waals surface area contributed by atoms with Crippen LogP contribution in [0.4, 0.5) is 24.8 Å². The molecule has 0 aromatic carbocycles. The van der Waals surface area contributed by atoms with Gasteiger partial charge >= 0.3 is 6.18 Å². The van der Waals surface area contributed by atoms with E-state index in [9.17, 15) is 13.2 Å². The highest BCUT2D eigenvalue weighted by molar-refractivity contribution is 5.56. The maximum atomic E-state index is 12.7. The van der Waals surface area contributed by atoms with E-state index in [1.54, 1.807) is 6.92 Å². The number of nitrogens with two attached hydrogens (primary N) is 1. The van der Waals surface area contributed by atoms with Crippen LogP contribution >= 0.6 is 0 Å². The summed E-state index contributed by atoms with van der Waals surface area (Å²) in [6.45, 7) is 4.69. The molecule has 1 aromatic rings. The molecule has 0 radical (unpaired) electrons. The van der Waals surface area contributed by atoms with Crippen LogP contribution in [0, 0.1) is 6.92 Å². The second-order valence-corrected chi connectivity index (χ2v) is 4.76. The van der Waals surface area contributed by atoms with E-state index in [0.717, 1.165) is 6.42 Å². The minimum atomic E-state index is -4.27. The van der Waals surface area contributed by atoms with Gasteiger partial charge in [-0.3, -0.25) is 0 Å². The Morgan fingerprint density at radius 3 is 2.30 bits per heavy atom. The summed E-state index contributed by atoms with van der Waals surface area (Å²) in [7, 11) is 0. The first-order valence-electron chi connectivity index (χ1n) is 6.73. The summed E-state index contributed by atoms with van der Waals surface area (Å²) >= 11 is 0. The Bertz CT molecular complexity index is 446. The van der Waals surface area contributed by atoms with Crippen LogP contribution < -0.4 is 10.6 Å². The lowest BCUT2D eigenvalue weighted by Gasteiger charge is -2.26. The van der Waals surface area contributed by atoms with Crippen LogP contribution in [0.25, 0.3) is 0 Å². The van der Waals surface area contributed by atoms with Crippen LogP contribution in [0.5, 0.6) is 0 Å². The Morgan fingerprint density at radius 1 is 1.15 bits per heavy atom. The van der Waals surface area contributed by atoms with Crippen LogP contribution in [0.1, 0.15) is 38.1 Å². The lowest BCUT2D eigenvalue weighted by Crippen LogP contribution is -2.36. The summed E-state index contributed by atoms with van der Waals surface area (Å²) in [6, 6.07) is 0. The van der Waals surface area contributed by atoms with Crippen LogP contribution in [-0.2, 0) is 6.42 Å². The van der Waals surface area contributed by atoms with Gasteiger partial charge in [-0.25, -0.2) is 9.97 Å². The predicted molar refractivity (Wildman–Crippen MR) is 73.7 cm³/mol. The highest BCUT2D eigenvalue weighted by Gasteiger charge is 2.32. The molecule has 20 heavy (non-hydrogen) atoms. The van der Waals surface area contributed by atoms with E-state index in [0.29, 0.717) is 30.0 Å². The molecule has 0 fully saturated rings. The molecule has 0 aliphatic heterocycles. The Labute approximate surface area is 117 Å². The van der Waals surface area contributed by atoms with E-state index in [-0.39, 0.29) is 12.4 Å². The fraction of sp³-hybridized carbons (Fsp3) is 0.692. The largest absolute Gasteiger partial charge is 0.405 e. The van der Waals surface area contributed by atoms with Gasteiger partial charge in [0.2, 0.25) is 0 Å². The number of halogens is 3. The molecule has 0 spiro atoms. The average Bonchev–Trinajstić information content (AvgIpc) is 2.32. The van der Waals surface area contributed by atoms with Crippen LogP contribution in [0.2, 0.25) is 0 Å². The molecule has 0 bridgehead atoms. The lowest BCUT2D eigenvalue weighted by molar-refractivity contribution is -0.119. The molecule has 1 aromatic heterocycles. The molecule has 114 valence electrons. The van der Waals surface area contributed by atoms with Gasteiger partial charge in [0.05, 0.1) is 0 Å². The van der Waals surface area contributed by atoms with Gasteiger partial charge in [-0.05, 0) is 19.8 Å². The summed E-state index contributed by atoms with van der Waals surface area (Å²) in [5.41, 5.74) is 6.29. The van der Waals surface area contributed by atoms with Crippen molar-refractivity contribution in [2.75, 3.05) is 23.7 Å². The minimum absolute atomic E-state index is 0.252. The first-order chi connectivity index (χ1) is 9.28. The Hall–Kier alpha value is -1.53. The zero-order valence-electron chi connectivity index (χ0n) is 12.1. The molecule has 0 aliphatic carbocycles. The SMILES string of the molecule is CCCc1nc(N)c(C)c(N(CCC)CC(F)(F)F)n1. The zero-order valence-corrected chi connectivity index (χ0v) is 12.1. The second-order valence-electron chi connectivity index (χ2n) is 4.76. The van der Waals surface area contributed by atoms with Crippen molar-refractivity contribution in [2.45, 2.75) is 46.2 Å². The first kappa shape index (κ1) is 16.5. The third-order valence-electron chi connectivity index (χ3n) is 2.84.